The minimum Gasteiger partial charge on any atom is -0.394 e. The van der Waals surface area contributed by atoms with Crippen LogP contribution in [0.1, 0.15) is 187 Å². The molecule has 50 heavy (non-hydrogen) atoms. The topological polar surface area (TPSA) is 149 Å². The largest absolute Gasteiger partial charge is 0.394 e. The molecule has 1 fully saturated rings. The summed E-state index contributed by atoms with van der Waals surface area (Å²) in [4.78, 5) is 12.9. The number of nitrogens with one attached hydrogen (secondary N) is 1. The number of aliphatic hydroxyl groups excluding tert-OH is 5. The lowest BCUT2D eigenvalue weighted by Crippen LogP contribution is -2.60. The summed E-state index contributed by atoms with van der Waals surface area (Å²) < 4.78 is 11.2. The summed E-state index contributed by atoms with van der Waals surface area (Å²) in [5.41, 5.74) is 0. The molecule has 0 spiro atoms. The molecule has 0 bridgehead atoms. The van der Waals surface area contributed by atoms with Crippen molar-refractivity contribution in [3.05, 3.63) is 12.2 Å². The maximum absolute atomic E-state index is 12.9. The van der Waals surface area contributed by atoms with Gasteiger partial charge in [0.05, 0.1) is 25.4 Å². The lowest BCUT2D eigenvalue weighted by atomic mass is 9.99. The highest BCUT2D eigenvalue weighted by Crippen LogP contribution is 2.23. The molecule has 1 aliphatic rings. The van der Waals surface area contributed by atoms with Gasteiger partial charge in [0.25, 0.3) is 0 Å². The van der Waals surface area contributed by atoms with Crippen LogP contribution in [0.2, 0.25) is 0 Å². The van der Waals surface area contributed by atoms with Gasteiger partial charge in [-0.1, -0.05) is 154 Å². The summed E-state index contributed by atoms with van der Waals surface area (Å²) in [7, 11) is 0. The van der Waals surface area contributed by atoms with E-state index >= 15 is 0 Å². The standard InChI is InChI=1S/C41H79NO8/c1-3-5-7-9-11-13-15-17-18-19-20-22-24-26-28-30-35(44)34(33-49-41-40(48)39(47)38(46)36(32-43)50-41)42-37(45)31-29-27-25-23-21-16-14-12-10-8-6-4-2/h12,14,34-36,38-41,43-44,46-48H,3-11,13,15-33H2,1-2H3,(H,42,45)/b14-12-. The molecule has 9 heteroatoms. The van der Waals surface area contributed by atoms with Crippen LogP contribution in [0, 0.1) is 0 Å². The van der Waals surface area contributed by atoms with Gasteiger partial charge in [-0.05, 0) is 38.5 Å². The van der Waals surface area contributed by atoms with Gasteiger partial charge in [0.2, 0.25) is 5.91 Å². The van der Waals surface area contributed by atoms with Crippen LogP contribution in [0.3, 0.4) is 0 Å². The summed E-state index contributed by atoms with van der Waals surface area (Å²) in [5.74, 6) is -0.155. The average molecular weight is 714 g/mol. The Bertz CT molecular complexity index is 797. The fourth-order valence-corrected chi connectivity index (χ4v) is 6.68. The van der Waals surface area contributed by atoms with Crippen molar-refractivity contribution >= 4 is 5.91 Å². The van der Waals surface area contributed by atoms with E-state index < -0.39 is 49.5 Å². The van der Waals surface area contributed by atoms with E-state index in [1.807, 2.05) is 0 Å². The highest BCUT2D eigenvalue weighted by atomic mass is 16.7. The van der Waals surface area contributed by atoms with Crippen molar-refractivity contribution in [3.8, 4) is 0 Å². The Balaban J connectivity index is 2.38. The number of unbranched alkanes of at least 4 members (excludes halogenated alkanes) is 22. The van der Waals surface area contributed by atoms with Crippen molar-refractivity contribution in [2.75, 3.05) is 13.2 Å². The summed E-state index contributed by atoms with van der Waals surface area (Å²) >= 11 is 0. The predicted molar refractivity (Wildman–Crippen MR) is 203 cm³/mol. The predicted octanol–water partition coefficient (Wildman–Crippen LogP) is 7.78. The summed E-state index contributed by atoms with van der Waals surface area (Å²) in [6.07, 6.45) is 27.8. The Hall–Kier alpha value is -1.07. The third-order valence-electron chi connectivity index (χ3n) is 10.1. The van der Waals surface area contributed by atoms with Gasteiger partial charge in [-0.25, -0.2) is 0 Å². The molecule has 1 saturated heterocycles. The molecule has 0 aromatic carbocycles. The number of hydrogen-bond acceptors (Lipinski definition) is 8. The summed E-state index contributed by atoms with van der Waals surface area (Å²) in [6, 6.07) is -0.717. The number of aliphatic hydroxyl groups is 5. The normalized spacial score (nSPS) is 22.3. The molecule has 0 aromatic rings. The van der Waals surface area contributed by atoms with Crippen LogP contribution >= 0.6 is 0 Å². The van der Waals surface area contributed by atoms with Gasteiger partial charge in [-0.2, -0.15) is 0 Å². The first-order chi connectivity index (χ1) is 24.3. The van der Waals surface area contributed by atoms with Crippen molar-refractivity contribution in [3.63, 3.8) is 0 Å². The van der Waals surface area contributed by atoms with E-state index in [0.29, 0.717) is 12.8 Å². The van der Waals surface area contributed by atoms with Gasteiger partial charge >= 0.3 is 0 Å². The molecule has 6 N–H and O–H groups in total. The van der Waals surface area contributed by atoms with Gasteiger partial charge in [0.15, 0.2) is 6.29 Å². The van der Waals surface area contributed by atoms with E-state index in [4.69, 9.17) is 9.47 Å². The minimum absolute atomic E-state index is 0.139. The van der Waals surface area contributed by atoms with E-state index in [9.17, 15) is 30.3 Å². The molecule has 7 unspecified atom stereocenters. The van der Waals surface area contributed by atoms with Gasteiger partial charge in [-0.15, -0.1) is 0 Å². The van der Waals surface area contributed by atoms with Crippen LogP contribution in [0.4, 0.5) is 0 Å². The van der Waals surface area contributed by atoms with Crippen LogP contribution in [0.25, 0.3) is 0 Å². The maximum atomic E-state index is 12.9. The number of rotatable bonds is 34. The Morgan fingerprint density at radius 1 is 0.660 bits per heavy atom. The van der Waals surface area contributed by atoms with E-state index in [-0.39, 0.29) is 12.5 Å². The van der Waals surface area contributed by atoms with Crippen LogP contribution in [-0.4, -0.2) is 87.5 Å². The average Bonchev–Trinajstić information content (AvgIpc) is 3.11. The van der Waals surface area contributed by atoms with E-state index in [2.05, 4.69) is 31.3 Å². The van der Waals surface area contributed by atoms with E-state index in [1.165, 1.54) is 109 Å². The highest BCUT2D eigenvalue weighted by molar-refractivity contribution is 5.76. The second-order valence-electron chi connectivity index (χ2n) is 14.8. The molecular formula is C41H79NO8. The van der Waals surface area contributed by atoms with Crippen molar-refractivity contribution in [1.82, 2.24) is 5.32 Å². The van der Waals surface area contributed by atoms with Gasteiger partial charge in [0, 0.05) is 6.42 Å². The summed E-state index contributed by atoms with van der Waals surface area (Å²) in [6.45, 7) is 3.79. The number of carbonyl (C=O) groups is 1. The smallest absolute Gasteiger partial charge is 0.220 e. The zero-order valence-electron chi connectivity index (χ0n) is 32.2. The highest BCUT2D eigenvalue weighted by Gasteiger charge is 2.44. The third kappa shape index (κ3) is 23.5. The van der Waals surface area contributed by atoms with Gasteiger partial charge in [0.1, 0.15) is 24.4 Å². The zero-order chi connectivity index (χ0) is 36.7. The first kappa shape index (κ1) is 47.0. The second kappa shape index (κ2) is 32.6. The van der Waals surface area contributed by atoms with Crippen LogP contribution in [0.15, 0.2) is 12.2 Å². The number of ether oxygens (including phenoxy) is 2. The van der Waals surface area contributed by atoms with Gasteiger partial charge < -0.3 is 40.3 Å². The van der Waals surface area contributed by atoms with Crippen molar-refractivity contribution < 1.29 is 39.8 Å². The van der Waals surface area contributed by atoms with Crippen molar-refractivity contribution in [1.29, 1.82) is 0 Å². The van der Waals surface area contributed by atoms with Crippen LogP contribution in [0.5, 0.6) is 0 Å². The number of amides is 1. The lowest BCUT2D eigenvalue weighted by Gasteiger charge is -2.40. The molecule has 7 atom stereocenters. The molecule has 0 saturated carbocycles. The second-order valence-corrected chi connectivity index (χ2v) is 14.8. The minimum atomic E-state index is -1.55. The maximum Gasteiger partial charge on any atom is 0.220 e. The zero-order valence-corrected chi connectivity index (χ0v) is 32.2. The monoisotopic (exact) mass is 714 g/mol. The molecule has 296 valence electrons. The lowest BCUT2D eigenvalue weighted by molar-refractivity contribution is -0.302. The molecule has 0 aromatic heterocycles. The molecule has 0 radical (unpaired) electrons. The Morgan fingerprint density at radius 2 is 1.12 bits per heavy atom. The molecule has 1 amide bonds. The molecule has 1 aliphatic heterocycles. The quantitative estimate of drug-likeness (QED) is 0.0293. The first-order valence-corrected chi connectivity index (χ1v) is 20.9. The molecule has 9 nitrogen and oxygen atoms in total. The SMILES string of the molecule is CCCCC/C=C\CCCCCCCC(=O)NC(COC1OC(CO)C(O)C(O)C1O)C(O)CCCCCCCCCCCCCCCCC. The Labute approximate surface area is 306 Å². The molecular weight excluding hydrogens is 634 g/mol. The van der Waals surface area contributed by atoms with Gasteiger partial charge in [-0.3, -0.25) is 4.79 Å². The number of allylic oxidation sites excluding steroid dienone is 2. The molecule has 1 rings (SSSR count). The number of hydrogen-bond donors (Lipinski definition) is 6. The molecule has 1 heterocycles. The summed E-state index contributed by atoms with van der Waals surface area (Å²) in [5, 5.41) is 54.1. The van der Waals surface area contributed by atoms with Crippen LogP contribution < -0.4 is 5.32 Å². The van der Waals surface area contributed by atoms with Crippen molar-refractivity contribution in [2.24, 2.45) is 0 Å². The van der Waals surface area contributed by atoms with E-state index in [0.717, 1.165) is 51.4 Å². The van der Waals surface area contributed by atoms with E-state index in [1.54, 1.807) is 0 Å². The first-order valence-electron chi connectivity index (χ1n) is 20.9. The van der Waals surface area contributed by atoms with Crippen molar-refractivity contribution in [2.45, 2.75) is 230 Å². The fraction of sp³-hybridized carbons (Fsp3) is 0.927. The Morgan fingerprint density at radius 3 is 1.66 bits per heavy atom. The third-order valence-corrected chi connectivity index (χ3v) is 10.1. The number of carbonyl (C=O) groups excluding carboxylic acids is 1. The fourth-order valence-electron chi connectivity index (χ4n) is 6.68. The van der Waals surface area contributed by atoms with Crippen LogP contribution in [-0.2, 0) is 14.3 Å². The Kier molecular flexibility index (Phi) is 30.6. The molecule has 0 aliphatic carbocycles.